The maximum Gasteiger partial charge on any atom is 0.226 e. The highest BCUT2D eigenvalue weighted by atomic mass is 32.2. The summed E-state index contributed by atoms with van der Waals surface area (Å²) in [6, 6.07) is 8.87. The zero-order chi connectivity index (χ0) is 21.0. The number of rotatable bonds is 7. The van der Waals surface area contributed by atoms with Crippen LogP contribution in [0.25, 0.3) is 0 Å². The first-order valence-corrected chi connectivity index (χ1v) is 12.4. The number of nitrogens with zero attached hydrogens (tertiary/aromatic N) is 1. The molecule has 0 aromatic heterocycles. The van der Waals surface area contributed by atoms with E-state index in [0.29, 0.717) is 12.5 Å². The van der Waals surface area contributed by atoms with Crippen molar-refractivity contribution in [2.24, 2.45) is 5.73 Å². The fraction of sp³-hybridized carbons (Fsp3) is 0.667. The molecule has 162 valence electrons. The van der Waals surface area contributed by atoms with Crippen molar-refractivity contribution in [3.8, 4) is 0 Å². The van der Waals surface area contributed by atoms with Crippen LogP contribution in [0.15, 0.2) is 24.3 Å². The van der Waals surface area contributed by atoms with Gasteiger partial charge in [0.05, 0.1) is 5.75 Å². The number of amides is 1. The van der Waals surface area contributed by atoms with Crippen molar-refractivity contribution in [1.29, 1.82) is 0 Å². The van der Waals surface area contributed by atoms with Crippen LogP contribution in [0.1, 0.15) is 64.0 Å². The van der Waals surface area contributed by atoms with Crippen molar-refractivity contribution in [1.82, 2.24) is 10.0 Å². The zero-order valence-electron chi connectivity index (χ0n) is 17.4. The third-order valence-corrected chi connectivity index (χ3v) is 7.52. The van der Waals surface area contributed by atoms with E-state index in [1.165, 1.54) is 5.56 Å². The molecule has 1 aromatic rings. The summed E-state index contributed by atoms with van der Waals surface area (Å²) in [5, 5.41) is 3.80. The first-order chi connectivity index (χ1) is 13.8. The minimum atomic E-state index is -3.27. The number of carbonyl (C=O) groups excluding carboxylic acids is 1. The van der Waals surface area contributed by atoms with Crippen LogP contribution in [-0.2, 0) is 14.8 Å². The molecule has 1 saturated carbocycles. The van der Waals surface area contributed by atoms with Crippen LogP contribution in [0.3, 0.4) is 0 Å². The quantitative estimate of drug-likeness (QED) is 0.624. The van der Waals surface area contributed by atoms with Gasteiger partial charge in [-0.25, -0.2) is 13.1 Å². The van der Waals surface area contributed by atoms with E-state index < -0.39 is 10.0 Å². The van der Waals surface area contributed by atoms with Gasteiger partial charge in [0, 0.05) is 42.8 Å². The molecule has 3 rings (SSSR count). The molecule has 0 spiro atoms. The van der Waals surface area contributed by atoms with Crippen molar-refractivity contribution >= 4 is 21.6 Å². The van der Waals surface area contributed by atoms with Gasteiger partial charge in [0.25, 0.3) is 0 Å². The number of benzene rings is 1. The van der Waals surface area contributed by atoms with Gasteiger partial charge in [-0.05, 0) is 50.7 Å². The van der Waals surface area contributed by atoms with Gasteiger partial charge < -0.3 is 16.0 Å². The van der Waals surface area contributed by atoms with Crippen LogP contribution >= 0.6 is 0 Å². The number of nitrogens with two attached hydrogens (primary N) is 1. The van der Waals surface area contributed by atoms with E-state index in [1.54, 1.807) is 0 Å². The predicted octanol–water partition coefficient (Wildman–Crippen LogP) is 2.04. The average Bonchev–Trinajstić information content (AvgIpc) is 2.69. The summed E-state index contributed by atoms with van der Waals surface area (Å²) >= 11 is 0. The van der Waals surface area contributed by atoms with Crippen LogP contribution in [-0.4, -0.2) is 44.7 Å². The number of para-hydroxylation sites is 1. The molecule has 29 heavy (non-hydrogen) atoms. The molecule has 0 unspecified atom stereocenters. The lowest BCUT2D eigenvalue weighted by atomic mass is 9.87. The van der Waals surface area contributed by atoms with Crippen LogP contribution in [0, 0.1) is 0 Å². The summed E-state index contributed by atoms with van der Waals surface area (Å²) in [5.41, 5.74) is 7.57. The van der Waals surface area contributed by atoms with Crippen molar-refractivity contribution in [3.05, 3.63) is 29.8 Å². The lowest BCUT2D eigenvalue weighted by Crippen LogP contribution is -2.48. The molecule has 1 fully saturated rings. The number of carbonyl (C=O) groups is 1. The number of nitrogens with one attached hydrogen (secondary N) is 2. The summed E-state index contributed by atoms with van der Waals surface area (Å²) in [7, 11) is -3.27. The van der Waals surface area contributed by atoms with E-state index in [1.807, 2.05) is 30.0 Å². The van der Waals surface area contributed by atoms with Gasteiger partial charge in [-0.1, -0.05) is 25.1 Å². The van der Waals surface area contributed by atoms with Gasteiger partial charge in [-0.2, -0.15) is 0 Å². The minimum absolute atomic E-state index is 0.000155. The summed E-state index contributed by atoms with van der Waals surface area (Å²) in [6.07, 6.45) is 4.89. The van der Waals surface area contributed by atoms with E-state index >= 15 is 0 Å². The second kappa shape index (κ2) is 9.55. The molecular weight excluding hydrogens is 388 g/mol. The van der Waals surface area contributed by atoms with Gasteiger partial charge in [0.1, 0.15) is 0 Å². The monoisotopic (exact) mass is 422 g/mol. The highest BCUT2D eigenvalue weighted by Crippen LogP contribution is 2.38. The number of anilines is 1. The smallest absolute Gasteiger partial charge is 0.226 e. The number of hydrogen-bond acceptors (Lipinski definition) is 5. The van der Waals surface area contributed by atoms with Crippen molar-refractivity contribution in [3.63, 3.8) is 0 Å². The Kier molecular flexibility index (Phi) is 7.32. The summed E-state index contributed by atoms with van der Waals surface area (Å²) in [4.78, 5) is 14.4. The predicted molar refractivity (Wildman–Crippen MR) is 116 cm³/mol. The SMILES string of the molecule is CCC(=O)N1c2ccccc2[C@H](NC2CCC(NS(=O)(=O)CCN)CC2)C[C@@H]1C. The second-order valence-electron chi connectivity index (χ2n) is 8.25. The molecule has 2 atom stereocenters. The summed E-state index contributed by atoms with van der Waals surface area (Å²) < 4.78 is 26.7. The molecule has 8 heteroatoms. The normalized spacial score (nSPS) is 27.5. The van der Waals surface area contributed by atoms with Gasteiger partial charge in [0.2, 0.25) is 15.9 Å². The first kappa shape index (κ1) is 22.2. The van der Waals surface area contributed by atoms with E-state index in [4.69, 9.17) is 5.73 Å². The van der Waals surface area contributed by atoms with E-state index in [0.717, 1.165) is 37.8 Å². The van der Waals surface area contributed by atoms with Gasteiger partial charge in [-0.3, -0.25) is 4.79 Å². The Labute approximate surface area is 174 Å². The maximum atomic E-state index is 12.5. The summed E-state index contributed by atoms with van der Waals surface area (Å²) in [5.74, 6) is 0.142. The largest absolute Gasteiger partial charge is 0.329 e. The highest BCUT2D eigenvalue weighted by molar-refractivity contribution is 7.89. The number of sulfonamides is 1. The second-order valence-corrected chi connectivity index (χ2v) is 10.1. The van der Waals surface area contributed by atoms with Crippen LogP contribution in [0.4, 0.5) is 5.69 Å². The standard InChI is InChI=1S/C21H34N4O3S/c1-3-21(26)25-15(2)14-19(18-6-4-5-7-20(18)25)23-16-8-10-17(11-9-16)24-29(27,28)13-12-22/h4-7,15-17,19,23-24H,3,8-14,22H2,1-2H3/t15-,16?,17?,19+/m0/s1. The molecule has 1 amide bonds. The topological polar surface area (TPSA) is 105 Å². The molecule has 0 saturated heterocycles. The Hall–Kier alpha value is -1.48. The zero-order valence-corrected chi connectivity index (χ0v) is 18.2. The maximum absolute atomic E-state index is 12.5. The van der Waals surface area contributed by atoms with Crippen LogP contribution in [0.2, 0.25) is 0 Å². The third-order valence-electron chi connectivity index (χ3n) is 6.06. The Morgan fingerprint density at radius 3 is 2.48 bits per heavy atom. The van der Waals surface area contributed by atoms with E-state index in [-0.39, 0.29) is 36.3 Å². The Morgan fingerprint density at radius 1 is 1.17 bits per heavy atom. The molecule has 4 N–H and O–H groups in total. The Balaban J connectivity index is 1.63. The molecule has 1 heterocycles. The molecule has 0 bridgehead atoms. The Morgan fingerprint density at radius 2 is 1.83 bits per heavy atom. The van der Waals surface area contributed by atoms with Crippen LogP contribution < -0.4 is 20.7 Å². The van der Waals surface area contributed by atoms with Gasteiger partial charge >= 0.3 is 0 Å². The minimum Gasteiger partial charge on any atom is -0.329 e. The lowest BCUT2D eigenvalue weighted by Gasteiger charge is -2.41. The van der Waals surface area contributed by atoms with Crippen LogP contribution in [0.5, 0.6) is 0 Å². The Bertz CT molecular complexity index is 806. The molecule has 7 nitrogen and oxygen atoms in total. The molecule has 1 aromatic carbocycles. The molecule has 0 radical (unpaired) electrons. The molecular formula is C21H34N4O3S. The lowest BCUT2D eigenvalue weighted by molar-refractivity contribution is -0.118. The van der Waals surface area contributed by atoms with Gasteiger partial charge in [0.15, 0.2) is 0 Å². The summed E-state index contributed by atoms with van der Waals surface area (Å²) in [6.45, 7) is 4.16. The fourth-order valence-electron chi connectivity index (χ4n) is 4.65. The molecule has 2 aliphatic rings. The van der Waals surface area contributed by atoms with Crippen molar-refractivity contribution in [2.45, 2.75) is 76.5 Å². The van der Waals surface area contributed by atoms with Crippen molar-refractivity contribution < 1.29 is 13.2 Å². The average molecular weight is 423 g/mol. The highest BCUT2D eigenvalue weighted by Gasteiger charge is 2.34. The molecule has 1 aliphatic carbocycles. The van der Waals surface area contributed by atoms with E-state index in [9.17, 15) is 13.2 Å². The molecule has 1 aliphatic heterocycles. The fourth-order valence-corrected chi connectivity index (χ4v) is 5.82. The third kappa shape index (κ3) is 5.36. The number of hydrogen-bond donors (Lipinski definition) is 3. The van der Waals surface area contributed by atoms with Gasteiger partial charge in [-0.15, -0.1) is 0 Å². The van der Waals surface area contributed by atoms with Crippen molar-refractivity contribution in [2.75, 3.05) is 17.2 Å². The van der Waals surface area contributed by atoms with E-state index in [2.05, 4.69) is 23.0 Å². The number of fused-ring (bicyclic) bond motifs is 1. The first-order valence-electron chi connectivity index (χ1n) is 10.7.